The number of nitrogens with one attached hydrogen (secondary N) is 1. The molecule has 5 nitrogen and oxygen atoms in total. The highest BCUT2D eigenvalue weighted by Crippen LogP contribution is 2.36. The number of benzene rings is 2. The van der Waals surface area contributed by atoms with Crippen LogP contribution in [0.1, 0.15) is 11.3 Å². The van der Waals surface area contributed by atoms with Gasteiger partial charge in [0, 0.05) is 42.0 Å². The topological polar surface area (TPSA) is 64.2 Å². The van der Waals surface area contributed by atoms with Crippen molar-refractivity contribution in [2.75, 3.05) is 6.54 Å². The van der Waals surface area contributed by atoms with Crippen molar-refractivity contribution >= 4 is 43.5 Å². The zero-order valence-electron chi connectivity index (χ0n) is 13.7. The van der Waals surface area contributed by atoms with Gasteiger partial charge in [-0.1, -0.05) is 29.8 Å². The molecule has 0 aliphatic carbocycles. The molecule has 2 aromatic carbocycles. The fourth-order valence-corrected chi connectivity index (χ4v) is 5.30. The summed E-state index contributed by atoms with van der Waals surface area (Å²) in [5.74, 6) is 0.876. The summed E-state index contributed by atoms with van der Waals surface area (Å²) in [5, 5.41) is 5.23. The van der Waals surface area contributed by atoms with Crippen LogP contribution in [0.5, 0.6) is 0 Å². The Morgan fingerprint density at radius 1 is 1.15 bits per heavy atom. The van der Waals surface area contributed by atoms with Gasteiger partial charge in [-0.05, 0) is 24.3 Å². The van der Waals surface area contributed by atoms with Crippen LogP contribution in [0.4, 0.5) is 0 Å². The number of furan rings is 1. The van der Waals surface area contributed by atoms with E-state index in [9.17, 15) is 8.42 Å². The van der Waals surface area contributed by atoms with Crippen LogP contribution in [0.2, 0.25) is 5.02 Å². The molecule has 0 amide bonds. The van der Waals surface area contributed by atoms with Crippen molar-refractivity contribution in [1.82, 2.24) is 9.29 Å². The van der Waals surface area contributed by atoms with Gasteiger partial charge in [0.15, 0.2) is 5.58 Å². The Balaban J connectivity index is 1.75. The van der Waals surface area contributed by atoms with Gasteiger partial charge in [0.1, 0.15) is 5.76 Å². The molecule has 0 radical (unpaired) electrons. The normalized spacial score (nSPS) is 14.8. The smallest absolute Gasteiger partial charge is 0.268 e. The SMILES string of the molecule is O=S(=O)(c1cc(Cl)c2oc3c(c2c1)CNCC3)n1ccc2ccccc21. The highest BCUT2D eigenvalue weighted by atomic mass is 35.5. The molecule has 1 aliphatic rings. The Hall–Kier alpha value is -2.28. The third-order valence-electron chi connectivity index (χ3n) is 4.86. The van der Waals surface area contributed by atoms with Gasteiger partial charge in [0.25, 0.3) is 10.0 Å². The molecule has 1 N–H and O–H groups in total. The van der Waals surface area contributed by atoms with Crippen LogP contribution in [-0.2, 0) is 23.0 Å². The van der Waals surface area contributed by atoms with Gasteiger partial charge >= 0.3 is 0 Å². The van der Waals surface area contributed by atoms with E-state index in [0.29, 0.717) is 22.7 Å². The lowest BCUT2D eigenvalue weighted by atomic mass is 10.1. The molecule has 7 heteroatoms. The lowest BCUT2D eigenvalue weighted by molar-refractivity contribution is 0.500. The Kier molecular flexibility index (Phi) is 3.44. The second-order valence-electron chi connectivity index (χ2n) is 6.39. The fourth-order valence-electron chi connectivity index (χ4n) is 3.57. The van der Waals surface area contributed by atoms with Crippen molar-refractivity contribution in [3.8, 4) is 0 Å². The largest absolute Gasteiger partial charge is 0.459 e. The number of halogens is 1. The Morgan fingerprint density at radius 2 is 2.00 bits per heavy atom. The maximum absolute atomic E-state index is 13.3. The van der Waals surface area contributed by atoms with Gasteiger partial charge in [0.2, 0.25) is 0 Å². The summed E-state index contributed by atoms with van der Waals surface area (Å²) in [7, 11) is -3.77. The van der Waals surface area contributed by atoms with Crippen molar-refractivity contribution in [1.29, 1.82) is 0 Å². The van der Waals surface area contributed by atoms with Gasteiger partial charge in [0.05, 0.1) is 15.4 Å². The van der Waals surface area contributed by atoms with Crippen LogP contribution in [0.15, 0.2) is 58.0 Å². The third kappa shape index (κ3) is 2.23. The second kappa shape index (κ2) is 5.61. The van der Waals surface area contributed by atoms with Gasteiger partial charge in [-0.2, -0.15) is 0 Å². The average Bonchev–Trinajstić information content (AvgIpc) is 3.24. The highest BCUT2D eigenvalue weighted by Gasteiger charge is 2.25. The molecule has 2 aromatic heterocycles. The molecule has 4 aromatic rings. The molecule has 1 aliphatic heterocycles. The van der Waals surface area contributed by atoms with Crippen LogP contribution >= 0.6 is 11.6 Å². The maximum atomic E-state index is 13.3. The minimum atomic E-state index is -3.77. The quantitative estimate of drug-likeness (QED) is 0.567. The average molecular weight is 387 g/mol. The molecular formula is C19H15ClN2O3S. The number of para-hydroxylation sites is 1. The van der Waals surface area contributed by atoms with Crippen LogP contribution in [0.25, 0.3) is 21.9 Å². The summed E-state index contributed by atoms with van der Waals surface area (Å²) < 4.78 is 33.7. The Labute approximate surface area is 155 Å². The molecule has 132 valence electrons. The Morgan fingerprint density at radius 3 is 2.88 bits per heavy atom. The van der Waals surface area contributed by atoms with E-state index in [4.69, 9.17) is 16.0 Å². The zero-order chi connectivity index (χ0) is 17.9. The van der Waals surface area contributed by atoms with Gasteiger partial charge in [-0.25, -0.2) is 12.4 Å². The zero-order valence-corrected chi connectivity index (χ0v) is 15.3. The summed E-state index contributed by atoms with van der Waals surface area (Å²) in [6.07, 6.45) is 2.34. The first-order valence-electron chi connectivity index (χ1n) is 8.32. The molecule has 26 heavy (non-hydrogen) atoms. The first kappa shape index (κ1) is 15.9. The number of aromatic nitrogens is 1. The van der Waals surface area contributed by atoms with E-state index in [2.05, 4.69) is 5.32 Å². The number of hydrogen-bond acceptors (Lipinski definition) is 4. The lowest BCUT2D eigenvalue weighted by Gasteiger charge is -2.11. The predicted octanol–water partition coefficient (Wildman–Crippen LogP) is 3.92. The van der Waals surface area contributed by atoms with Crippen LogP contribution in [0.3, 0.4) is 0 Å². The molecular weight excluding hydrogens is 372 g/mol. The predicted molar refractivity (Wildman–Crippen MR) is 101 cm³/mol. The van der Waals surface area contributed by atoms with E-state index in [1.807, 2.05) is 18.2 Å². The van der Waals surface area contributed by atoms with E-state index in [0.717, 1.165) is 35.1 Å². The van der Waals surface area contributed by atoms with Crippen molar-refractivity contribution in [2.24, 2.45) is 0 Å². The summed E-state index contributed by atoms with van der Waals surface area (Å²) in [6.45, 7) is 1.49. The monoisotopic (exact) mass is 386 g/mol. The summed E-state index contributed by atoms with van der Waals surface area (Å²) in [6, 6.07) is 12.3. The maximum Gasteiger partial charge on any atom is 0.268 e. The molecule has 0 bridgehead atoms. The van der Waals surface area contributed by atoms with Crippen molar-refractivity contribution in [2.45, 2.75) is 17.9 Å². The molecule has 0 spiro atoms. The molecule has 5 rings (SSSR count). The van der Waals surface area contributed by atoms with E-state index < -0.39 is 10.0 Å². The third-order valence-corrected chi connectivity index (χ3v) is 6.80. The highest BCUT2D eigenvalue weighted by molar-refractivity contribution is 7.90. The number of hydrogen-bond donors (Lipinski definition) is 1. The van der Waals surface area contributed by atoms with Crippen molar-refractivity contribution in [3.63, 3.8) is 0 Å². The Bertz CT molecular complexity index is 1270. The lowest BCUT2D eigenvalue weighted by Crippen LogP contribution is -2.22. The fraction of sp³-hybridized carbons (Fsp3) is 0.158. The summed E-state index contributed by atoms with van der Waals surface area (Å²) in [5.41, 5.74) is 2.18. The van der Waals surface area contributed by atoms with E-state index in [1.54, 1.807) is 24.4 Å². The van der Waals surface area contributed by atoms with Crippen LogP contribution in [0, 0.1) is 0 Å². The number of fused-ring (bicyclic) bond motifs is 4. The van der Waals surface area contributed by atoms with E-state index in [-0.39, 0.29) is 4.90 Å². The van der Waals surface area contributed by atoms with Gasteiger partial charge < -0.3 is 9.73 Å². The number of nitrogens with zero attached hydrogens (tertiary/aromatic N) is 1. The summed E-state index contributed by atoms with van der Waals surface area (Å²) in [4.78, 5) is 0.158. The standard InChI is InChI=1S/C19H15ClN2O3S/c20-16-10-13(9-14-15-11-21-7-5-18(15)25-19(14)16)26(23,24)22-8-6-12-3-1-2-4-17(12)22/h1-4,6,8-10,21H,5,7,11H2. The molecule has 3 heterocycles. The first-order chi connectivity index (χ1) is 12.6. The van der Waals surface area contributed by atoms with Gasteiger partial charge in [-0.3, -0.25) is 0 Å². The molecule has 0 atom stereocenters. The minimum Gasteiger partial charge on any atom is -0.459 e. The molecule has 0 fully saturated rings. The molecule has 0 unspecified atom stereocenters. The second-order valence-corrected chi connectivity index (χ2v) is 8.61. The van der Waals surface area contributed by atoms with Gasteiger partial charge in [-0.15, -0.1) is 0 Å². The summed E-state index contributed by atoms with van der Waals surface area (Å²) >= 11 is 6.38. The van der Waals surface area contributed by atoms with E-state index in [1.165, 1.54) is 10.0 Å². The van der Waals surface area contributed by atoms with E-state index >= 15 is 0 Å². The van der Waals surface area contributed by atoms with Crippen LogP contribution < -0.4 is 5.32 Å². The number of rotatable bonds is 2. The first-order valence-corrected chi connectivity index (χ1v) is 10.1. The van der Waals surface area contributed by atoms with Crippen molar-refractivity contribution < 1.29 is 12.8 Å². The molecule has 0 saturated heterocycles. The minimum absolute atomic E-state index is 0.158. The molecule has 0 saturated carbocycles. The van der Waals surface area contributed by atoms with Crippen molar-refractivity contribution in [3.05, 3.63) is 65.0 Å². The van der Waals surface area contributed by atoms with Crippen LogP contribution in [-0.4, -0.2) is 18.9 Å².